The van der Waals surface area contributed by atoms with Gasteiger partial charge in [0, 0.05) is 31.6 Å². The molecule has 1 aromatic rings. The van der Waals surface area contributed by atoms with Crippen molar-refractivity contribution in [2.45, 2.75) is 32.2 Å². The topological polar surface area (TPSA) is 66.5 Å². The molecule has 1 aromatic heterocycles. The molecule has 7 heteroatoms. The van der Waals surface area contributed by atoms with Crippen molar-refractivity contribution in [1.29, 1.82) is 0 Å². The molecule has 1 saturated carbocycles. The summed E-state index contributed by atoms with van der Waals surface area (Å²) in [4.78, 5) is 19.9. The second-order valence-corrected chi connectivity index (χ2v) is 8.07. The van der Waals surface area contributed by atoms with Crippen LogP contribution < -0.4 is 10.6 Å². The van der Waals surface area contributed by atoms with Gasteiger partial charge in [-0.25, -0.2) is 4.98 Å². The Balaban J connectivity index is 1.39. The van der Waals surface area contributed by atoms with Crippen molar-refractivity contribution in [3.8, 4) is 0 Å². The maximum absolute atomic E-state index is 13.0. The molecule has 24 heavy (non-hydrogen) atoms. The van der Waals surface area contributed by atoms with E-state index in [2.05, 4.69) is 25.9 Å². The summed E-state index contributed by atoms with van der Waals surface area (Å²) >= 11 is 1.54. The van der Waals surface area contributed by atoms with Crippen LogP contribution in [-0.2, 0) is 16.1 Å². The van der Waals surface area contributed by atoms with Crippen LogP contribution in [0.1, 0.15) is 31.4 Å². The highest BCUT2D eigenvalue weighted by atomic mass is 32.1. The molecule has 4 rings (SSSR count). The average Bonchev–Trinajstić information content (AvgIpc) is 3.23. The molecule has 132 valence electrons. The summed E-state index contributed by atoms with van der Waals surface area (Å²) in [6.45, 7) is 6.13. The van der Waals surface area contributed by atoms with Crippen LogP contribution in [-0.4, -0.2) is 55.2 Å². The Morgan fingerprint density at radius 3 is 3.21 bits per heavy atom. The summed E-state index contributed by atoms with van der Waals surface area (Å²) in [6.07, 6.45) is 4.58. The number of amides is 1. The number of anilines is 1. The predicted octanol–water partition coefficient (Wildman–Crippen LogP) is 1.69. The second kappa shape index (κ2) is 7.07. The smallest absolute Gasteiger partial charge is 0.233 e. The van der Waals surface area contributed by atoms with Crippen molar-refractivity contribution < 1.29 is 9.53 Å². The SMILES string of the molecule is O=C(Nc1nc(CN2CCOCC2)cs1)[C@@]12CCCC[C@H]1CNC2. The highest BCUT2D eigenvalue weighted by Crippen LogP contribution is 2.44. The zero-order valence-corrected chi connectivity index (χ0v) is 14.9. The number of nitrogens with one attached hydrogen (secondary N) is 2. The van der Waals surface area contributed by atoms with Crippen LogP contribution in [0.15, 0.2) is 5.38 Å². The first kappa shape index (κ1) is 16.4. The summed E-state index contributed by atoms with van der Waals surface area (Å²) < 4.78 is 5.38. The summed E-state index contributed by atoms with van der Waals surface area (Å²) in [7, 11) is 0. The second-order valence-electron chi connectivity index (χ2n) is 7.22. The van der Waals surface area contributed by atoms with Crippen molar-refractivity contribution in [3.05, 3.63) is 11.1 Å². The molecular formula is C17H26N4O2S. The molecule has 2 aliphatic heterocycles. The van der Waals surface area contributed by atoms with Crippen LogP contribution >= 0.6 is 11.3 Å². The quantitative estimate of drug-likeness (QED) is 0.865. The Labute approximate surface area is 147 Å². The van der Waals surface area contributed by atoms with Gasteiger partial charge in [0.25, 0.3) is 0 Å². The predicted molar refractivity (Wildman–Crippen MR) is 94.1 cm³/mol. The van der Waals surface area contributed by atoms with Gasteiger partial charge in [0.2, 0.25) is 5.91 Å². The molecular weight excluding hydrogens is 324 g/mol. The van der Waals surface area contributed by atoms with Crippen molar-refractivity contribution in [3.63, 3.8) is 0 Å². The molecule has 0 bridgehead atoms. The highest BCUT2D eigenvalue weighted by molar-refractivity contribution is 7.13. The first-order valence-electron chi connectivity index (χ1n) is 9.03. The van der Waals surface area contributed by atoms with E-state index >= 15 is 0 Å². The number of hydrogen-bond acceptors (Lipinski definition) is 6. The third-order valence-corrected chi connectivity index (χ3v) is 6.56. The van der Waals surface area contributed by atoms with Crippen molar-refractivity contribution >= 4 is 22.4 Å². The van der Waals surface area contributed by atoms with Crippen LogP contribution in [0.4, 0.5) is 5.13 Å². The molecule has 2 saturated heterocycles. The van der Waals surface area contributed by atoms with Gasteiger partial charge >= 0.3 is 0 Å². The Hall–Kier alpha value is -1.02. The van der Waals surface area contributed by atoms with Crippen LogP contribution in [0.3, 0.4) is 0 Å². The number of carbonyl (C=O) groups is 1. The van der Waals surface area contributed by atoms with Crippen molar-refractivity contribution in [2.75, 3.05) is 44.7 Å². The Morgan fingerprint density at radius 1 is 1.46 bits per heavy atom. The fraction of sp³-hybridized carbons (Fsp3) is 0.765. The van der Waals surface area contributed by atoms with Gasteiger partial charge in [-0.05, 0) is 25.3 Å². The van der Waals surface area contributed by atoms with Crippen LogP contribution in [0.2, 0.25) is 0 Å². The summed E-state index contributed by atoms with van der Waals surface area (Å²) in [5.74, 6) is 0.656. The van der Waals surface area contributed by atoms with E-state index in [0.717, 1.165) is 69.6 Å². The van der Waals surface area contributed by atoms with Crippen LogP contribution in [0, 0.1) is 11.3 Å². The first-order valence-corrected chi connectivity index (χ1v) is 9.91. The van der Waals surface area contributed by atoms with E-state index in [4.69, 9.17) is 4.74 Å². The van der Waals surface area contributed by atoms with Gasteiger partial charge in [0.1, 0.15) is 0 Å². The van der Waals surface area contributed by atoms with E-state index in [1.165, 1.54) is 24.2 Å². The number of aromatic nitrogens is 1. The van der Waals surface area contributed by atoms with Crippen molar-refractivity contribution in [1.82, 2.24) is 15.2 Å². The minimum atomic E-state index is -0.214. The number of fused-ring (bicyclic) bond motifs is 1. The molecule has 3 aliphatic rings. The molecule has 0 unspecified atom stereocenters. The molecule has 0 aromatic carbocycles. The van der Waals surface area contributed by atoms with E-state index in [1.807, 2.05) is 0 Å². The standard InChI is InChI=1S/C17H26N4O2S/c22-15(17-4-2-1-3-13(17)9-18-12-17)20-16-19-14(11-24-16)10-21-5-7-23-8-6-21/h11,13,18H,1-10,12H2,(H,19,20,22)/t13-,17+/m0/s1. The number of rotatable bonds is 4. The number of morpholine rings is 1. The summed E-state index contributed by atoms with van der Waals surface area (Å²) in [5, 5.41) is 9.36. The van der Waals surface area contributed by atoms with Gasteiger partial charge in [-0.3, -0.25) is 9.69 Å². The Kier molecular flexibility index (Phi) is 4.85. The van der Waals surface area contributed by atoms with Gasteiger partial charge in [-0.15, -0.1) is 11.3 Å². The minimum Gasteiger partial charge on any atom is -0.379 e. The fourth-order valence-electron chi connectivity index (χ4n) is 4.34. The van der Waals surface area contributed by atoms with Gasteiger partial charge < -0.3 is 15.4 Å². The number of ether oxygens (including phenoxy) is 1. The lowest BCUT2D eigenvalue weighted by Crippen LogP contribution is -2.44. The maximum atomic E-state index is 13.0. The van der Waals surface area contributed by atoms with Gasteiger partial charge in [0.15, 0.2) is 5.13 Å². The molecule has 1 amide bonds. The Bertz CT molecular complexity index is 587. The van der Waals surface area contributed by atoms with E-state index in [9.17, 15) is 4.79 Å². The van der Waals surface area contributed by atoms with E-state index in [1.54, 1.807) is 0 Å². The normalized spacial score (nSPS) is 30.9. The average molecular weight is 350 g/mol. The lowest BCUT2D eigenvalue weighted by molar-refractivity contribution is -0.128. The van der Waals surface area contributed by atoms with Crippen LogP contribution in [0.5, 0.6) is 0 Å². The number of nitrogens with zero attached hydrogens (tertiary/aromatic N) is 2. The zero-order chi connectivity index (χ0) is 16.4. The fourth-order valence-corrected chi connectivity index (χ4v) is 5.03. The molecule has 3 fully saturated rings. The summed E-state index contributed by atoms with van der Waals surface area (Å²) in [6, 6.07) is 0. The Morgan fingerprint density at radius 2 is 2.33 bits per heavy atom. The number of hydrogen-bond donors (Lipinski definition) is 2. The largest absolute Gasteiger partial charge is 0.379 e. The number of thiazole rings is 1. The van der Waals surface area contributed by atoms with Gasteiger partial charge in [0.05, 0.1) is 24.3 Å². The van der Waals surface area contributed by atoms with Crippen LogP contribution in [0.25, 0.3) is 0 Å². The molecule has 6 nitrogen and oxygen atoms in total. The summed E-state index contributed by atoms with van der Waals surface area (Å²) in [5.41, 5.74) is 0.827. The van der Waals surface area contributed by atoms with Gasteiger partial charge in [-0.1, -0.05) is 12.8 Å². The maximum Gasteiger partial charge on any atom is 0.233 e. The molecule has 0 spiro atoms. The van der Waals surface area contributed by atoms with E-state index < -0.39 is 0 Å². The third kappa shape index (κ3) is 3.22. The van der Waals surface area contributed by atoms with Crippen molar-refractivity contribution in [2.24, 2.45) is 11.3 Å². The molecule has 2 atom stereocenters. The van der Waals surface area contributed by atoms with Gasteiger partial charge in [-0.2, -0.15) is 0 Å². The molecule has 2 N–H and O–H groups in total. The lowest BCUT2D eigenvalue weighted by Gasteiger charge is -2.36. The van der Waals surface area contributed by atoms with E-state index in [-0.39, 0.29) is 11.3 Å². The molecule has 3 heterocycles. The number of carbonyl (C=O) groups excluding carboxylic acids is 1. The highest BCUT2D eigenvalue weighted by Gasteiger charge is 2.49. The molecule has 0 radical (unpaired) electrons. The molecule has 1 aliphatic carbocycles. The zero-order valence-electron chi connectivity index (χ0n) is 14.1. The van der Waals surface area contributed by atoms with E-state index in [0.29, 0.717) is 5.92 Å². The lowest BCUT2D eigenvalue weighted by atomic mass is 9.68. The third-order valence-electron chi connectivity index (χ3n) is 5.75. The first-order chi connectivity index (χ1) is 11.8. The minimum absolute atomic E-state index is 0.171. The monoisotopic (exact) mass is 350 g/mol.